The molecule has 1 rings (SSSR count). The van der Waals surface area contributed by atoms with E-state index in [0.29, 0.717) is 6.54 Å². The van der Waals surface area contributed by atoms with Crippen LogP contribution < -0.4 is 10.6 Å². The number of urea groups is 1. The molecule has 3 N–H and O–H groups in total. The fraction of sp³-hybridized carbons (Fsp3) is 0.833. The van der Waals surface area contributed by atoms with Crippen molar-refractivity contribution in [2.45, 2.75) is 44.6 Å². The normalized spacial score (nSPS) is 18.1. The highest BCUT2D eigenvalue weighted by molar-refractivity contribution is 5.74. The third kappa shape index (κ3) is 5.86. The third-order valence-corrected chi connectivity index (χ3v) is 3.13. The molecule has 6 nitrogen and oxygen atoms in total. The first-order valence-electron chi connectivity index (χ1n) is 6.37. The number of ether oxygens (including phenoxy) is 1. The predicted molar refractivity (Wildman–Crippen MR) is 66.5 cm³/mol. The van der Waals surface area contributed by atoms with Gasteiger partial charge in [-0.1, -0.05) is 19.3 Å². The van der Waals surface area contributed by atoms with E-state index in [1.54, 1.807) is 0 Å². The Morgan fingerprint density at radius 3 is 2.56 bits per heavy atom. The van der Waals surface area contributed by atoms with E-state index in [-0.39, 0.29) is 24.8 Å². The second kappa shape index (κ2) is 7.20. The Balaban J connectivity index is 2.11. The molecule has 0 bridgehead atoms. The number of amides is 2. The lowest BCUT2D eigenvalue weighted by Crippen LogP contribution is -2.51. The average Bonchev–Trinajstić information content (AvgIpc) is 2.28. The lowest BCUT2D eigenvalue weighted by atomic mass is 9.83. The molecular formula is C12H22N2O4. The number of aliphatic carboxylic acids is 1. The summed E-state index contributed by atoms with van der Waals surface area (Å²) >= 11 is 0. The molecule has 1 fully saturated rings. The van der Waals surface area contributed by atoms with Gasteiger partial charge >= 0.3 is 12.0 Å². The summed E-state index contributed by atoms with van der Waals surface area (Å²) in [6.45, 7) is 2.25. The summed E-state index contributed by atoms with van der Waals surface area (Å²) in [5, 5.41) is 14.0. The highest BCUT2D eigenvalue weighted by Crippen LogP contribution is 2.27. The van der Waals surface area contributed by atoms with Gasteiger partial charge in [-0.05, 0) is 19.8 Å². The molecule has 0 saturated heterocycles. The van der Waals surface area contributed by atoms with Gasteiger partial charge in [0.15, 0.2) is 0 Å². The summed E-state index contributed by atoms with van der Waals surface area (Å²) in [6, 6.07) is -0.210. The number of carboxylic acids is 1. The van der Waals surface area contributed by atoms with Crippen LogP contribution in [-0.4, -0.2) is 42.4 Å². The third-order valence-electron chi connectivity index (χ3n) is 3.13. The number of hydrogen-bond donors (Lipinski definition) is 3. The van der Waals surface area contributed by atoms with Gasteiger partial charge < -0.3 is 20.5 Å². The van der Waals surface area contributed by atoms with E-state index in [4.69, 9.17) is 9.84 Å². The van der Waals surface area contributed by atoms with E-state index >= 15 is 0 Å². The molecular weight excluding hydrogens is 236 g/mol. The lowest BCUT2D eigenvalue weighted by molar-refractivity contribution is -0.142. The first-order valence-corrected chi connectivity index (χ1v) is 6.37. The molecule has 0 heterocycles. The van der Waals surface area contributed by atoms with Crippen LogP contribution in [0.4, 0.5) is 4.79 Å². The highest BCUT2D eigenvalue weighted by Gasteiger charge is 2.27. The molecule has 104 valence electrons. The van der Waals surface area contributed by atoms with Gasteiger partial charge in [0.25, 0.3) is 0 Å². The maximum atomic E-state index is 11.6. The predicted octanol–water partition coefficient (Wildman–Crippen LogP) is 1.11. The Hall–Kier alpha value is -1.30. The number of carboxylic acid groups (broad SMARTS) is 1. The van der Waals surface area contributed by atoms with Crippen molar-refractivity contribution in [2.24, 2.45) is 0 Å². The molecule has 2 amide bonds. The Bertz CT molecular complexity index is 288. The van der Waals surface area contributed by atoms with Gasteiger partial charge in [-0.3, -0.25) is 0 Å². The molecule has 1 saturated carbocycles. The SMILES string of the molecule is CC1(NC(=O)NCCOCC(=O)O)CCCCC1. The Kier molecular flexibility index (Phi) is 5.91. The van der Waals surface area contributed by atoms with Gasteiger partial charge in [0.05, 0.1) is 6.61 Å². The Labute approximate surface area is 107 Å². The zero-order valence-electron chi connectivity index (χ0n) is 10.8. The van der Waals surface area contributed by atoms with Gasteiger partial charge in [0.2, 0.25) is 0 Å². The van der Waals surface area contributed by atoms with Crippen LogP contribution in [0.15, 0.2) is 0 Å². The molecule has 0 aliphatic heterocycles. The maximum absolute atomic E-state index is 11.6. The van der Waals surface area contributed by atoms with Crippen molar-refractivity contribution in [1.82, 2.24) is 10.6 Å². The summed E-state index contributed by atoms with van der Waals surface area (Å²) in [5.41, 5.74) is -0.107. The van der Waals surface area contributed by atoms with E-state index in [1.807, 2.05) is 0 Å². The molecule has 1 aliphatic rings. The van der Waals surface area contributed by atoms with Crippen molar-refractivity contribution in [1.29, 1.82) is 0 Å². The first-order chi connectivity index (χ1) is 8.52. The number of hydrogen-bond acceptors (Lipinski definition) is 3. The van der Waals surface area contributed by atoms with Crippen molar-refractivity contribution in [3.63, 3.8) is 0 Å². The quantitative estimate of drug-likeness (QED) is 0.623. The number of rotatable bonds is 6. The van der Waals surface area contributed by atoms with Gasteiger partial charge in [0.1, 0.15) is 6.61 Å². The van der Waals surface area contributed by atoms with Crippen molar-refractivity contribution in [3.05, 3.63) is 0 Å². The van der Waals surface area contributed by atoms with Crippen LogP contribution in [0.3, 0.4) is 0 Å². The molecule has 0 unspecified atom stereocenters. The molecule has 0 aromatic heterocycles. The second-order valence-electron chi connectivity index (χ2n) is 4.95. The molecule has 1 aliphatic carbocycles. The van der Waals surface area contributed by atoms with Crippen LogP contribution in [0.1, 0.15) is 39.0 Å². The van der Waals surface area contributed by atoms with Crippen LogP contribution in [-0.2, 0) is 9.53 Å². The van der Waals surface area contributed by atoms with E-state index in [9.17, 15) is 9.59 Å². The fourth-order valence-corrected chi connectivity index (χ4v) is 2.17. The minimum Gasteiger partial charge on any atom is -0.480 e. The standard InChI is InChI=1S/C12H22N2O4/c1-12(5-3-2-4-6-12)14-11(17)13-7-8-18-9-10(15)16/h2-9H2,1H3,(H,15,16)(H2,13,14,17). The number of nitrogens with one attached hydrogen (secondary N) is 2. The summed E-state index contributed by atoms with van der Waals surface area (Å²) in [7, 11) is 0. The minimum atomic E-state index is -1.01. The number of carbonyl (C=O) groups is 2. The van der Waals surface area contributed by atoms with Crippen molar-refractivity contribution in [2.75, 3.05) is 19.8 Å². The molecule has 0 atom stereocenters. The molecule has 0 aromatic carbocycles. The van der Waals surface area contributed by atoms with Crippen LogP contribution in [0.5, 0.6) is 0 Å². The van der Waals surface area contributed by atoms with Crippen molar-refractivity contribution in [3.8, 4) is 0 Å². The Morgan fingerprint density at radius 1 is 1.28 bits per heavy atom. The van der Waals surface area contributed by atoms with Gasteiger partial charge in [-0.2, -0.15) is 0 Å². The second-order valence-corrected chi connectivity index (χ2v) is 4.95. The molecule has 0 spiro atoms. The molecule has 6 heteroatoms. The summed E-state index contributed by atoms with van der Waals surface area (Å²) < 4.78 is 4.82. The van der Waals surface area contributed by atoms with Crippen LogP contribution in [0, 0.1) is 0 Å². The van der Waals surface area contributed by atoms with Crippen LogP contribution in [0.2, 0.25) is 0 Å². The average molecular weight is 258 g/mol. The zero-order chi connectivity index (χ0) is 13.4. The van der Waals surface area contributed by atoms with Gasteiger partial charge in [0, 0.05) is 12.1 Å². The zero-order valence-corrected chi connectivity index (χ0v) is 10.8. The van der Waals surface area contributed by atoms with Gasteiger partial charge in [-0.15, -0.1) is 0 Å². The monoisotopic (exact) mass is 258 g/mol. The van der Waals surface area contributed by atoms with E-state index in [2.05, 4.69) is 17.6 Å². The van der Waals surface area contributed by atoms with Crippen molar-refractivity contribution < 1.29 is 19.4 Å². The van der Waals surface area contributed by atoms with Crippen LogP contribution in [0.25, 0.3) is 0 Å². The topological polar surface area (TPSA) is 87.7 Å². The summed E-state index contributed by atoms with van der Waals surface area (Å²) in [6.07, 6.45) is 5.56. The Morgan fingerprint density at radius 2 is 1.94 bits per heavy atom. The van der Waals surface area contributed by atoms with E-state index in [1.165, 1.54) is 6.42 Å². The molecule has 18 heavy (non-hydrogen) atoms. The molecule has 0 aromatic rings. The first kappa shape index (κ1) is 14.8. The maximum Gasteiger partial charge on any atom is 0.329 e. The molecule has 0 radical (unpaired) electrons. The van der Waals surface area contributed by atoms with Crippen molar-refractivity contribution >= 4 is 12.0 Å². The van der Waals surface area contributed by atoms with Gasteiger partial charge in [-0.25, -0.2) is 9.59 Å². The largest absolute Gasteiger partial charge is 0.480 e. The number of carbonyl (C=O) groups excluding carboxylic acids is 1. The van der Waals surface area contributed by atoms with E-state index in [0.717, 1.165) is 25.7 Å². The summed E-state index contributed by atoms with van der Waals surface area (Å²) in [4.78, 5) is 21.8. The van der Waals surface area contributed by atoms with E-state index < -0.39 is 5.97 Å². The summed E-state index contributed by atoms with van der Waals surface area (Å²) in [5.74, 6) is -1.01. The minimum absolute atomic E-state index is 0.107. The fourth-order valence-electron chi connectivity index (χ4n) is 2.17. The van der Waals surface area contributed by atoms with Crippen LogP contribution >= 0.6 is 0 Å². The highest BCUT2D eigenvalue weighted by atomic mass is 16.5. The smallest absolute Gasteiger partial charge is 0.329 e. The lowest BCUT2D eigenvalue weighted by Gasteiger charge is -2.34.